The Morgan fingerprint density at radius 2 is 0.517 bits per heavy atom. The number of fused-ring (bicyclic) bond motifs is 8. The zero-order valence-corrected chi connectivity index (χ0v) is 31.6. The average molecular weight is 731 g/mol. The molecular formula is C58H34. The van der Waals surface area contributed by atoms with Crippen molar-refractivity contribution in [2.75, 3.05) is 0 Å². The molecule has 0 spiro atoms. The van der Waals surface area contributed by atoms with Crippen molar-refractivity contribution in [1.82, 2.24) is 0 Å². The van der Waals surface area contributed by atoms with E-state index in [0.717, 1.165) is 0 Å². The van der Waals surface area contributed by atoms with Crippen LogP contribution < -0.4 is 0 Å². The molecule has 2 aliphatic rings. The van der Waals surface area contributed by atoms with Crippen molar-refractivity contribution in [2.45, 2.75) is 0 Å². The molecule has 0 heterocycles. The van der Waals surface area contributed by atoms with Crippen LogP contribution in [0.1, 0.15) is 0 Å². The zero-order valence-electron chi connectivity index (χ0n) is 31.6. The van der Waals surface area contributed by atoms with E-state index in [2.05, 4.69) is 206 Å². The highest BCUT2D eigenvalue weighted by Crippen LogP contribution is 2.55. The molecule has 0 bridgehead atoms. The monoisotopic (exact) mass is 730 g/mol. The molecule has 13 rings (SSSR count). The molecule has 0 radical (unpaired) electrons. The van der Waals surface area contributed by atoms with Crippen LogP contribution in [0, 0.1) is 0 Å². The minimum Gasteiger partial charge on any atom is -0.0622 e. The second-order valence-electron chi connectivity index (χ2n) is 15.9. The molecule has 0 saturated heterocycles. The Morgan fingerprint density at radius 3 is 0.931 bits per heavy atom. The van der Waals surface area contributed by atoms with Gasteiger partial charge in [0, 0.05) is 0 Å². The van der Waals surface area contributed by atoms with Crippen LogP contribution in [-0.2, 0) is 0 Å². The van der Waals surface area contributed by atoms with Crippen molar-refractivity contribution < 1.29 is 0 Å². The summed E-state index contributed by atoms with van der Waals surface area (Å²) in [7, 11) is 0. The summed E-state index contributed by atoms with van der Waals surface area (Å²) >= 11 is 0. The van der Waals surface area contributed by atoms with E-state index >= 15 is 0 Å². The smallest absolute Gasteiger partial charge is 0.00199 e. The molecule has 0 fully saturated rings. The first-order valence-corrected chi connectivity index (χ1v) is 20.3. The Hall–Kier alpha value is -7.54. The molecule has 0 saturated carbocycles. The van der Waals surface area contributed by atoms with Gasteiger partial charge in [0.1, 0.15) is 0 Å². The van der Waals surface area contributed by atoms with Crippen molar-refractivity contribution in [3.05, 3.63) is 206 Å². The maximum absolute atomic E-state index is 2.46. The van der Waals surface area contributed by atoms with Crippen LogP contribution in [-0.4, -0.2) is 0 Å². The molecule has 0 aromatic heterocycles. The van der Waals surface area contributed by atoms with E-state index in [1.807, 2.05) is 0 Å². The molecule has 0 unspecified atom stereocenters. The second-order valence-corrected chi connectivity index (χ2v) is 15.9. The number of rotatable bonds is 4. The highest BCUT2D eigenvalue weighted by molar-refractivity contribution is 6.29. The van der Waals surface area contributed by atoms with E-state index in [1.165, 1.54) is 132 Å². The molecule has 0 aliphatic heterocycles. The third kappa shape index (κ3) is 4.35. The summed E-state index contributed by atoms with van der Waals surface area (Å²) in [6.07, 6.45) is 0. The lowest BCUT2D eigenvalue weighted by molar-refractivity contribution is 1.63. The zero-order chi connectivity index (χ0) is 37.9. The Labute approximate surface area is 336 Å². The molecule has 0 nitrogen and oxygen atoms in total. The summed E-state index contributed by atoms with van der Waals surface area (Å²) in [6.45, 7) is 0. The Morgan fingerprint density at radius 1 is 0.172 bits per heavy atom. The van der Waals surface area contributed by atoms with Gasteiger partial charge in [0.05, 0.1) is 0 Å². The molecule has 58 heavy (non-hydrogen) atoms. The van der Waals surface area contributed by atoms with Gasteiger partial charge in [-0.3, -0.25) is 0 Å². The molecule has 2 aliphatic carbocycles. The predicted octanol–water partition coefficient (Wildman–Crippen LogP) is 16.3. The Balaban J connectivity index is 1.20. The fourth-order valence-electron chi connectivity index (χ4n) is 10.5. The van der Waals surface area contributed by atoms with E-state index < -0.39 is 0 Å². The topological polar surface area (TPSA) is 0 Å². The maximum atomic E-state index is 2.46. The third-order valence-electron chi connectivity index (χ3n) is 13.0. The van der Waals surface area contributed by atoms with Crippen molar-refractivity contribution in [1.29, 1.82) is 0 Å². The molecule has 11 aromatic rings. The fraction of sp³-hybridized carbons (Fsp3) is 0. The summed E-state index contributed by atoms with van der Waals surface area (Å²) in [5, 5.41) is 10.3. The molecule has 11 aromatic carbocycles. The van der Waals surface area contributed by atoms with Gasteiger partial charge in [-0.25, -0.2) is 0 Å². The van der Waals surface area contributed by atoms with Crippen molar-refractivity contribution >= 4 is 43.1 Å². The Kier molecular flexibility index (Phi) is 6.54. The van der Waals surface area contributed by atoms with E-state index in [9.17, 15) is 0 Å². The van der Waals surface area contributed by atoms with Gasteiger partial charge in [0.15, 0.2) is 0 Å². The van der Waals surface area contributed by atoms with Crippen LogP contribution in [0.3, 0.4) is 0 Å². The van der Waals surface area contributed by atoms with Gasteiger partial charge in [0.25, 0.3) is 0 Å². The van der Waals surface area contributed by atoms with Gasteiger partial charge in [-0.1, -0.05) is 194 Å². The Bertz CT molecular complexity index is 3240. The van der Waals surface area contributed by atoms with Crippen LogP contribution in [0.4, 0.5) is 0 Å². The van der Waals surface area contributed by atoms with Gasteiger partial charge < -0.3 is 0 Å². The minimum atomic E-state index is 1.22. The molecule has 0 heteroatoms. The summed E-state index contributed by atoms with van der Waals surface area (Å²) in [6, 6.07) is 77.2. The lowest BCUT2D eigenvalue weighted by Gasteiger charge is -2.22. The normalized spacial score (nSPS) is 12.1. The highest BCUT2D eigenvalue weighted by Gasteiger charge is 2.27. The average Bonchev–Trinajstić information content (AvgIpc) is 3.81. The number of hydrogen-bond acceptors (Lipinski definition) is 0. The van der Waals surface area contributed by atoms with Crippen molar-refractivity contribution in [2.24, 2.45) is 0 Å². The predicted molar refractivity (Wildman–Crippen MR) is 247 cm³/mol. The van der Waals surface area contributed by atoms with Crippen LogP contribution in [0.15, 0.2) is 206 Å². The van der Waals surface area contributed by atoms with Crippen LogP contribution >= 0.6 is 0 Å². The largest absolute Gasteiger partial charge is 0.0622 e. The summed E-state index contributed by atoms with van der Waals surface area (Å²) in [4.78, 5) is 0. The lowest BCUT2D eigenvalue weighted by atomic mass is 9.81. The van der Waals surface area contributed by atoms with E-state index in [0.29, 0.717) is 0 Å². The van der Waals surface area contributed by atoms with Gasteiger partial charge in [-0.2, -0.15) is 0 Å². The van der Waals surface area contributed by atoms with Gasteiger partial charge in [-0.15, -0.1) is 0 Å². The van der Waals surface area contributed by atoms with Crippen molar-refractivity contribution in [3.8, 4) is 89.0 Å². The van der Waals surface area contributed by atoms with E-state index in [-0.39, 0.29) is 0 Å². The summed E-state index contributed by atoms with van der Waals surface area (Å²) < 4.78 is 0. The van der Waals surface area contributed by atoms with E-state index in [1.54, 1.807) is 0 Å². The number of benzene rings is 11. The molecule has 0 N–H and O–H groups in total. The first-order valence-electron chi connectivity index (χ1n) is 20.3. The molecule has 266 valence electrons. The van der Waals surface area contributed by atoms with Gasteiger partial charge >= 0.3 is 0 Å². The van der Waals surface area contributed by atoms with Gasteiger partial charge in [-0.05, 0) is 144 Å². The standard InChI is InChI=1S/C58H34/c1-3-13-35(14-4-1)37-25-27-51-53(33-37)57(49-31-29-47-41-19-9-7-17-39(41)43-21-11-23-45(49)55(43)47)52-28-26-38(36-15-5-2-6-16-36)34-54(52)58(51)50-32-30-48-42-20-10-8-18-40(42)44-22-12-24-46(50)56(44)48/h1-34H. The second kappa shape index (κ2) is 12.0. The first kappa shape index (κ1) is 31.6. The molecule has 0 atom stereocenters. The van der Waals surface area contributed by atoms with Gasteiger partial charge in [0.2, 0.25) is 0 Å². The number of hydrogen-bond donors (Lipinski definition) is 0. The first-order chi connectivity index (χ1) is 28.8. The lowest BCUT2D eigenvalue weighted by Crippen LogP contribution is -1.94. The van der Waals surface area contributed by atoms with Crippen LogP contribution in [0.2, 0.25) is 0 Å². The molecular weight excluding hydrogens is 697 g/mol. The third-order valence-corrected chi connectivity index (χ3v) is 13.0. The molecule has 0 amide bonds. The van der Waals surface area contributed by atoms with Crippen LogP contribution in [0.25, 0.3) is 132 Å². The van der Waals surface area contributed by atoms with Crippen molar-refractivity contribution in [3.63, 3.8) is 0 Å². The maximum Gasteiger partial charge on any atom is -0.00199 e. The SMILES string of the molecule is c1ccc(-c2ccc3c(-c4ccc5c6c(cccc46)-c4ccccc4-5)c4cc(-c5ccccc5)ccc4c(-c4ccc5c6c(cccc46)-c4ccccc4-5)c3c2)cc1. The highest BCUT2D eigenvalue weighted by atomic mass is 14.3. The van der Waals surface area contributed by atoms with Crippen LogP contribution in [0.5, 0.6) is 0 Å². The summed E-state index contributed by atoms with van der Waals surface area (Å²) in [5.41, 5.74) is 20.5. The summed E-state index contributed by atoms with van der Waals surface area (Å²) in [5.74, 6) is 0. The minimum absolute atomic E-state index is 1.22. The fourth-order valence-corrected chi connectivity index (χ4v) is 10.5. The quantitative estimate of drug-likeness (QED) is 0.158. The van der Waals surface area contributed by atoms with E-state index in [4.69, 9.17) is 0 Å².